The van der Waals surface area contributed by atoms with E-state index >= 15 is 0 Å². The van der Waals surface area contributed by atoms with Gasteiger partial charge in [-0.2, -0.15) is 0 Å². The third kappa shape index (κ3) is 7.53. The molecule has 1 aliphatic heterocycles. The number of para-hydroxylation sites is 1. The Balaban J connectivity index is 1.43. The van der Waals surface area contributed by atoms with Crippen molar-refractivity contribution in [1.82, 2.24) is 10.2 Å². The fourth-order valence-corrected chi connectivity index (χ4v) is 3.85. The largest absolute Gasteiger partial charge is 0.378 e. The van der Waals surface area contributed by atoms with Gasteiger partial charge in [0, 0.05) is 30.2 Å². The molecule has 188 valence electrons. The van der Waals surface area contributed by atoms with E-state index in [-0.39, 0.29) is 30.8 Å². The van der Waals surface area contributed by atoms with Gasteiger partial charge in [-0.15, -0.1) is 0 Å². The van der Waals surface area contributed by atoms with Crippen LogP contribution in [-0.2, 0) is 19.1 Å². The molecule has 1 unspecified atom stereocenters. The molecule has 9 heteroatoms. The van der Waals surface area contributed by atoms with Crippen LogP contribution in [0.1, 0.15) is 18.1 Å². The van der Waals surface area contributed by atoms with Crippen LogP contribution < -0.4 is 20.9 Å². The van der Waals surface area contributed by atoms with Gasteiger partial charge < -0.3 is 25.6 Å². The first kappa shape index (κ1) is 26.2. The quantitative estimate of drug-likeness (QED) is 0.507. The molecule has 2 aromatic carbocycles. The van der Waals surface area contributed by atoms with Gasteiger partial charge in [-0.3, -0.25) is 19.3 Å². The molecular formula is C26H35N5O4. The molecule has 0 aromatic heterocycles. The zero-order valence-corrected chi connectivity index (χ0v) is 20.9. The summed E-state index contributed by atoms with van der Waals surface area (Å²) >= 11 is 0. The van der Waals surface area contributed by atoms with Crippen LogP contribution in [0.25, 0.3) is 0 Å². The molecule has 3 N–H and O–H groups in total. The van der Waals surface area contributed by atoms with Crippen molar-refractivity contribution in [2.75, 3.05) is 62.0 Å². The highest BCUT2D eigenvalue weighted by atomic mass is 16.5. The average molecular weight is 482 g/mol. The lowest BCUT2D eigenvalue weighted by Gasteiger charge is -2.29. The lowest BCUT2D eigenvalue weighted by atomic mass is 10.1. The molecule has 1 saturated heterocycles. The number of nitrogens with zero attached hydrogens (tertiary/aromatic N) is 2. The number of carbonyl (C=O) groups is 3. The number of aryl methyl sites for hydroxylation is 2. The summed E-state index contributed by atoms with van der Waals surface area (Å²) in [6, 6.07) is 12.9. The van der Waals surface area contributed by atoms with Crippen LogP contribution in [0.4, 0.5) is 17.1 Å². The van der Waals surface area contributed by atoms with E-state index in [1.807, 2.05) is 56.3 Å². The highest BCUT2D eigenvalue weighted by Gasteiger charge is 2.21. The number of likely N-dealkylation sites (N-methyl/N-ethyl adjacent to an activating group) is 1. The Bertz CT molecular complexity index is 1010. The van der Waals surface area contributed by atoms with Crippen molar-refractivity contribution < 1.29 is 19.1 Å². The second-order valence-electron chi connectivity index (χ2n) is 8.82. The maximum atomic E-state index is 12.5. The van der Waals surface area contributed by atoms with E-state index in [1.54, 1.807) is 18.9 Å². The summed E-state index contributed by atoms with van der Waals surface area (Å²) < 4.78 is 5.38. The van der Waals surface area contributed by atoms with Gasteiger partial charge in [-0.1, -0.05) is 18.2 Å². The van der Waals surface area contributed by atoms with Gasteiger partial charge in [0.05, 0.1) is 32.3 Å². The topological polar surface area (TPSA) is 103 Å². The van der Waals surface area contributed by atoms with Crippen LogP contribution in [-0.4, -0.2) is 75.1 Å². The number of ether oxygens (including phenoxy) is 1. The molecule has 3 rings (SSSR count). The summed E-state index contributed by atoms with van der Waals surface area (Å²) in [6.07, 6.45) is 0. The summed E-state index contributed by atoms with van der Waals surface area (Å²) in [7, 11) is 1.70. The Labute approximate surface area is 206 Å². The average Bonchev–Trinajstić information content (AvgIpc) is 2.85. The second kappa shape index (κ2) is 12.3. The molecule has 0 saturated carbocycles. The molecule has 0 bridgehead atoms. The van der Waals surface area contributed by atoms with Gasteiger partial charge in [-0.05, 0) is 63.2 Å². The first-order valence-corrected chi connectivity index (χ1v) is 11.8. The fraction of sp³-hybridized carbons (Fsp3) is 0.423. The number of rotatable bonds is 9. The van der Waals surface area contributed by atoms with E-state index in [0.717, 1.165) is 35.6 Å². The van der Waals surface area contributed by atoms with Crippen LogP contribution in [0.3, 0.4) is 0 Å². The van der Waals surface area contributed by atoms with Crippen LogP contribution in [0.15, 0.2) is 42.5 Å². The molecule has 3 amide bonds. The van der Waals surface area contributed by atoms with Gasteiger partial charge >= 0.3 is 0 Å². The highest BCUT2D eigenvalue weighted by molar-refractivity contribution is 5.96. The van der Waals surface area contributed by atoms with E-state index in [2.05, 4.69) is 20.9 Å². The predicted octanol–water partition coefficient (Wildman–Crippen LogP) is 2.15. The molecule has 1 fully saturated rings. The number of hydrogen-bond acceptors (Lipinski definition) is 6. The molecule has 2 aromatic rings. The standard InChI is InChI=1S/C26H35N5O4/c1-18-6-5-7-19(2)25(18)29-23(32)16-27-26(34)20(3)30(4)17-24(33)28-21-8-10-22(11-9-21)31-12-14-35-15-13-31/h5-11,20H,12-17H2,1-4H3,(H,27,34)(H,28,33)(H,29,32). The van der Waals surface area contributed by atoms with Gasteiger partial charge in [0.1, 0.15) is 0 Å². The Hall–Kier alpha value is -3.43. The van der Waals surface area contributed by atoms with Crippen molar-refractivity contribution in [2.45, 2.75) is 26.8 Å². The first-order valence-electron chi connectivity index (χ1n) is 11.8. The lowest BCUT2D eigenvalue weighted by Crippen LogP contribution is -2.47. The first-order chi connectivity index (χ1) is 16.7. The zero-order valence-electron chi connectivity index (χ0n) is 20.9. The highest BCUT2D eigenvalue weighted by Crippen LogP contribution is 2.20. The van der Waals surface area contributed by atoms with Crippen LogP contribution in [0.5, 0.6) is 0 Å². The Morgan fingerprint density at radius 2 is 1.60 bits per heavy atom. The molecule has 9 nitrogen and oxygen atoms in total. The fourth-order valence-electron chi connectivity index (χ4n) is 3.85. The minimum atomic E-state index is -0.586. The molecule has 1 aliphatic rings. The van der Waals surface area contributed by atoms with E-state index in [9.17, 15) is 14.4 Å². The monoisotopic (exact) mass is 481 g/mol. The number of nitrogens with one attached hydrogen (secondary N) is 3. The summed E-state index contributed by atoms with van der Waals surface area (Å²) in [6.45, 7) is 8.56. The van der Waals surface area contributed by atoms with E-state index < -0.39 is 6.04 Å². The summed E-state index contributed by atoms with van der Waals surface area (Å²) in [5.41, 5.74) is 4.46. The van der Waals surface area contributed by atoms with Crippen LogP contribution in [0.2, 0.25) is 0 Å². The molecule has 1 heterocycles. The van der Waals surface area contributed by atoms with Crippen molar-refractivity contribution in [3.8, 4) is 0 Å². The predicted molar refractivity (Wildman–Crippen MR) is 138 cm³/mol. The number of morpholine rings is 1. The smallest absolute Gasteiger partial charge is 0.243 e. The van der Waals surface area contributed by atoms with E-state index in [1.165, 1.54) is 0 Å². The number of amides is 3. The van der Waals surface area contributed by atoms with Gasteiger partial charge in [0.15, 0.2) is 0 Å². The second-order valence-corrected chi connectivity index (χ2v) is 8.82. The summed E-state index contributed by atoms with van der Waals surface area (Å²) in [5, 5.41) is 8.36. The van der Waals surface area contributed by atoms with Gasteiger partial charge in [0.25, 0.3) is 0 Å². The number of anilines is 3. The van der Waals surface area contributed by atoms with Crippen molar-refractivity contribution in [1.29, 1.82) is 0 Å². The van der Waals surface area contributed by atoms with Crippen LogP contribution in [0, 0.1) is 13.8 Å². The minimum absolute atomic E-state index is 0.0361. The van der Waals surface area contributed by atoms with Gasteiger partial charge in [0.2, 0.25) is 17.7 Å². The maximum absolute atomic E-state index is 12.5. The molecule has 0 aliphatic carbocycles. The van der Waals surface area contributed by atoms with Crippen molar-refractivity contribution in [3.63, 3.8) is 0 Å². The van der Waals surface area contributed by atoms with Crippen molar-refractivity contribution in [3.05, 3.63) is 53.6 Å². The lowest BCUT2D eigenvalue weighted by molar-refractivity contribution is -0.128. The minimum Gasteiger partial charge on any atom is -0.378 e. The van der Waals surface area contributed by atoms with Crippen LogP contribution >= 0.6 is 0 Å². The van der Waals surface area contributed by atoms with Gasteiger partial charge in [-0.25, -0.2) is 0 Å². The van der Waals surface area contributed by atoms with E-state index in [0.29, 0.717) is 18.9 Å². The Morgan fingerprint density at radius 3 is 2.23 bits per heavy atom. The third-order valence-corrected chi connectivity index (χ3v) is 6.13. The molecule has 35 heavy (non-hydrogen) atoms. The summed E-state index contributed by atoms with van der Waals surface area (Å²) in [4.78, 5) is 41.2. The number of carbonyl (C=O) groups excluding carboxylic acids is 3. The Morgan fingerprint density at radius 1 is 0.971 bits per heavy atom. The molecule has 0 radical (unpaired) electrons. The summed E-state index contributed by atoms with van der Waals surface area (Å²) in [5.74, 6) is -0.852. The molecule has 1 atom stereocenters. The van der Waals surface area contributed by atoms with Crippen molar-refractivity contribution in [2.24, 2.45) is 0 Å². The zero-order chi connectivity index (χ0) is 25.4. The van der Waals surface area contributed by atoms with E-state index in [4.69, 9.17) is 4.74 Å². The number of benzene rings is 2. The van der Waals surface area contributed by atoms with Crippen molar-refractivity contribution >= 4 is 34.8 Å². The number of hydrogen-bond donors (Lipinski definition) is 3. The normalized spacial score (nSPS) is 14.4. The SMILES string of the molecule is Cc1cccc(C)c1NC(=O)CNC(=O)C(C)N(C)CC(=O)Nc1ccc(N2CCOCC2)cc1. The third-order valence-electron chi connectivity index (χ3n) is 6.13. The Kier molecular flexibility index (Phi) is 9.22. The maximum Gasteiger partial charge on any atom is 0.243 e. The molecular weight excluding hydrogens is 446 g/mol. The molecule has 0 spiro atoms.